The standard InChI is InChI=1S/C11H15NO2.ClH/c1-14-10-6-8(4-5-9(10)13)11(12)7-2-3-7;/h4-7,11,13H,2-3,12H2,1H3;1H/t11-;/m1./s1. The van der Waals surface area contributed by atoms with Crippen molar-refractivity contribution in [2.75, 3.05) is 7.11 Å². The molecule has 0 spiro atoms. The van der Waals surface area contributed by atoms with E-state index in [0.29, 0.717) is 11.7 Å². The van der Waals surface area contributed by atoms with Gasteiger partial charge in [-0.1, -0.05) is 6.07 Å². The van der Waals surface area contributed by atoms with Crippen molar-refractivity contribution in [1.82, 2.24) is 0 Å². The molecular weight excluding hydrogens is 214 g/mol. The van der Waals surface area contributed by atoms with Gasteiger partial charge in [0.1, 0.15) is 0 Å². The quantitative estimate of drug-likeness (QED) is 0.836. The van der Waals surface area contributed by atoms with Crippen LogP contribution in [0.2, 0.25) is 0 Å². The van der Waals surface area contributed by atoms with Gasteiger partial charge in [-0.15, -0.1) is 12.4 Å². The Kier molecular flexibility index (Phi) is 3.83. The van der Waals surface area contributed by atoms with Crippen molar-refractivity contribution in [2.45, 2.75) is 18.9 Å². The van der Waals surface area contributed by atoms with Crippen molar-refractivity contribution in [3.8, 4) is 11.5 Å². The van der Waals surface area contributed by atoms with E-state index in [4.69, 9.17) is 10.5 Å². The summed E-state index contributed by atoms with van der Waals surface area (Å²) in [6.07, 6.45) is 2.43. The topological polar surface area (TPSA) is 55.5 Å². The zero-order valence-electron chi connectivity index (χ0n) is 8.64. The number of phenols is 1. The van der Waals surface area contributed by atoms with Gasteiger partial charge in [0, 0.05) is 6.04 Å². The fraction of sp³-hybridized carbons (Fsp3) is 0.455. The number of aromatic hydroxyl groups is 1. The lowest BCUT2D eigenvalue weighted by molar-refractivity contribution is 0.372. The van der Waals surface area contributed by atoms with Crippen molar-refractivity contribution in [3.63, 3.8) is 0 Å². The van der Waals surface area contributed by atoms with Gasteiger partial charge in [-0.3, -0.25) is 0 Å². The van der Waals surface area contributed by atoms with Crippen LogP contribution in [0.15, 0.2) is 18.2 Å². The van der Waals surface area contributed by atoms with Gasteiger partial charge < -0.3 is 15.6 Å². The minimum Gasteiger partial charge on any atom is -0.504 e. The molecule has 0 aliphatic heterocycles. The van der Waals surface area contributed by atoms with Crippen molar-refractivity contribution in [2.24, 2.45) is 11.7 Å². The number of halogens is 1. The monoisotopic (exact) mass is 229 g/mol. The van der Waals surface area contributed by atoms with E-state index >= 15 is 0 Å². The zero-order chi connectivity index (χ0) is 10.1. The Morgan fingerprint density at radius 3 is 2.67 bits per heavy atom. The summed E-state index contributed by atoms with van der Waals surface area (Å²) in [6, 6.07) is 5.40. The molecule has 0 bridgehead atoms. The van der Waals surface area contributed by atoms with Crippen LogP contribution in [0, 0.1) is 5.92 Å². The normalized spacial score (nSPS) is 16.7. The van der Waals surface area contributed by atoms with Crippen LogP contribution in [-0.4, -0.2) is 12.2 Å². The average Bonchev–Trinajstić information content (AvgIpc) is 3.01. The van der Waals surface area contributed by atoms with Crippen LogP contribution >= 0.6 is 12.4 Å². The number of ether oxygens (including phenoxy) is 1. The number of hydrogen-bond acceptors (Lipinski definition) is 3. The first-order chi connectivity index (χ1) is 6.72. The molecule has 84 valence electrons. The van der Waals surface area contributed by atoms with Gasteiger partial charge >= 0.3 is 0 Å². The Morgan fingerprint density at radius 2 is 2.13 bits per heavy atom. The second-order valence-corrected chi connectivity index (χ2v) is 3.79. The number of phenolic OH excluding ortho intramolecular Hbond substituents is 1. The number of rotatable bonds is 3. The van der Waals surface area contributed by atoms with Crippen molar-refractivity contribution in [3.05, 3.63) is 23.8 Å². The number of nitrogens with two attached hydrogens (primary N) is 1. The molecule has 1 aromatic rings. The van der Waals surface area contributed by atoms with E-state index in [1.807, 2.05) is 12.1 Å². The summed E-state index contributed by atoms with van der Waals surface area (Å²) >= 11 is 0. The Hall–Kier alpha value is -0.930. The molecule has 1 saturated carbocycles. The van der Waals surface area contributed by atoms with Crippen LogP contribution < -0.4 is 10.5 Å². The van der Waals surface area contributed by atoms with Crippen LogP contribution in [0.25, 0.3) is 0 Å². The molecule has 0 amide bonds. The third-order valence-electron chi connectivity index (χ3n) is 2.72. The molecule has 0 heterocycles. The highest BCUT2D eigenvalue weighted by Crippen LogP contribution is 2.41. The van der Waals surface area contributed by atoms with E-state index in [1.165, 1.54) is 12.8 Å². The highest BCUT2D eigenvalue weighted by atomic mass is 35.5. The molecule has 2 rings (SSSR count). The summed E-state index contributed by atoms with van der Waals surface area (Å²) in [6.45, 7) is 0. The average molecular weight is 230 g/mol. The lowest BCUT2D eigenvalue weighted by atomic mass is 10.0. The Labute approximate surface area is 95.7 Å². The maximum absolute atomic E-state index is 9.41. The second kappa shape index (κ2) is 4.73. The first-order valence-electron chi connectivity index (χ1n) is 4.85. The highest BCUT2D eigenvalue weighted by Gasteiger charge is 2.29. The maximum Gasteiger partial charge on any atom is 0.160 e. The van der Waals surface area contributed by atoms with E-state index in [0.717, 1.165) is 5.56 Å². The zero-order valence-corrected chi connectivity index (χ0v) is 9.46. The Balaban J connectivity index is 0.00000112. The first-order valence-corrected chi connectivity index (χ1v) is 4.85. The molecule has 0 saturated heterocycles. The fourth-order valence-electron chi connectivity index (χ4n) is 1.63. The molecule has 1 atom stereocenters. The SMILES string of the molecule is COc1cc([C@H](N)C2CC2)ccc1O.Cl. The van der Waals surface area contributed by atoms with Gasteiger partial charge in [-0.25, -0.2) is 0 Å². The van der Waals surface area contributed by atoms with Crippen molar-refractivity contribution in [1.29, 1.82) is 0 Å². The van der Waals surface area contributed by atoms with Gasteiger partial charge in [0.2, 0.25) is 0 Å². The van der Waals surface area contributed by atoms with Gasteiger partial charge in [0.15, 0.2) is 11.5 Å². The van der Waals surface area contributed by atoms with Gasteiger partial charge in [-0.2, -0.15) is 0 Å². The summed E-state index contributed by atoms with van der Waals surface area (Å²) in [7, 11) is 1.54. The van der Waals surface area contributed by atoms with E-state index in [1.54, 1.807) is 13.2 Å². The molecule has 0 radical (unpaired) electrons. The second-order valence-electron chi connectivity index (χ2n) is 3.79. The first kappa shape index (κ1) is 12.1. The fourth-order valence-corrected chi connectivity index (χ4v) is 1.63. The molecular formula is C11H16ClNO2. The molecule has 1 aliphatic carbocycles. The summed E-state index contributed by atoms with van der Waals surface area (Å²) in [5.74, 6) is 1.28. The van der Waals surface area contributed by atoms with E-state index in [9.17, 15) is 5.11 Å². The minimum atomic E-state index is 0. The van der Waals surface area contributed by atoms with Gasteiger partial charge in [0.25, 0.3) is 0 Å². The van der Waals surface area contributed by atoms with E-state index in [2.05, 4.69) is 0 Å². The smallest absolute Gasteiger partial charge is 0.160 e. The summed E-state index contributed by atoms with van der Waals surface area (Å²) < 4.78 is 5.03. The molecule has 1 fully saturated rings. The lowest BCUT2D eigenvalue weighted by Gasteiger charge is -2.12. The maximum atomic E-state index is 9.41. The predicted molar refractivity (Wildman–Crippen MR) is 61.6 cm³/mol. The van der Waals surface area contributed by atoms with Crippen LogP contribution in [0.1, 0.15) is 24.4 Å². The minimum absolute atomic E-state index is 0. The van der Waals surface area contributed by atoms with Crippen molar-refractivity contribution < 1.29 is 9.84 Å². The molecule has 15 heavy (non-hydrogen) atoms. The molecule has 1 aliphatic rings. The molecule has 3 N–H and O–H groups in total. The molecule has 1 aromatic carbocycles. The lowest BCUT2D eigenvalue weighted by Crippen LogP contribution is -2.12. The highest BCUT2D eigenvalue weighted by molar-refractivity contribution is 5.85. The summed E-state index contributed by atoms with van der Waals surface area (Å²) in [5.41, 5.74) is 7.08. The Bertz CT molecular complexity index is 339. The number of hydrogen-bond donors (Lipinski definition) is 2. The van der Waals surface area contributed by atoms with E-state index < -0.39 is 0 Å². The number of benzene rings is 1. The molecule has 4 heteroatoms. The van der Waals surface area contributed by atoms with Crippen LogP contribution in [0.4, 0.5) is 0 Å². The van der Waals surface area contributed by atoms with Crippen LogP contribution in [0.5, 0.6) is 11.5 Å². The molecule has 0 unspecified atom stereocenters. The molecule has 0 aromatic heterocycles. The van der Waals surface area contributed by atoms with Gasteiger partial charge in [-0.05, 0) is 36.5 Å². The van der Waals surface area contributed by atoms with Crippen LogP contribution in [0.3, 0.4) is 0 Å². The predicted octanol–water partition coefficient (Wildman–Crippen LogP) is 2.23. The Morgan fingerprint density at radius 1 is 1.47 bits per heavy atom. The van der Waals surface area contributed by atoms with Crippen molar-refractivity contribution >= 4 is 12.4 Å². The molecule has 3 nitrogen and oxygen atoms in total. The summed E-state index contributed by atoms with van der Waals surface area (Å²) in [4.78, 5) is 0. The number of methoxy groups -OCH3 is 1. The third-order valence-corrected chi connectivity index (χ3v) is 2.72. The van der Waals surface area contributed by atoms with Gasteiger partial charge in [0.05, 0.1) is 7.11 Å². The largest absolute Gasteiger partial charge is 0.504 e. The third kappa shape index (κ3) is 2.55. The van der Waals surface area contributed by atoms with E-state index in [-0.39, 0.29) is 24.2 Å². The summed E-state index contributed by atoms with van der Waals surface area (Å²) in [5, 5.41) is 9.41. The van der Waals surface area contributed by atoms with Crippen LogP contribution in [-0.2, 0) is 0 Å².